The summed E-state index contributed by atoms with van der Waals surface area (Å²) in [7, 11) is 0. The van der Waals surface area contributed by atoms with Crippen molar-refractivity contribution in [1.29, 1.82) is 0 Å². The van der Waals surface area contributed by atoms with E-state index in [1.165, 1.54) is 18.2 Å². The van der Waals surface area contributed by atoms with Gasteiger partial charge >= 0.3 is 0 Å². The predicted octanol–water partition coefficient (Wildman–Crippen LogP) is 9.19. The highest BCUT2D eigenvalue weighted by Crippen LogP contribution is 2.31. The molecule has 1 heterocycles. The Labute approximate surface area is 341 Å². The third kappa shape index (κ3) is 8.90. The monoisotopic (exact) mass is 761 g/mol. The number of amides is 4. The molecule has 0 fully saturated rings. The number of benzene rings is 7. The second-order valence-corrected chi connectivity index (χ2v) is 13.4. The van der Waals surface area contributed by atoms with Gasteiger partial charge in [0.25, 0.3) is 23.6 Å². The number of imide groups is 1. The van der Waals surface area contributed by atoms with Crippen LogP contribution in [0.15, 0.2) is 176 Å². The molecular formula is C52H31N3O4. The normalized spacial score (nSPS) is 11.2. The smallest absolute Gasteiger partial charge is 0.266 e. The molecule has 0 aliphatic carbocycles. The van der Waals surface area contributed by atoms with Gasteiger partial charge in [0.05, 0.1) is 16.8 Å². The largest absolute Gasteiger partial charge is 0.322 e. The molecule has 0 aromatic heterocycles. The standard InChI is InChI=1S/C52H31N3O4/c56-49(53-44-20-10-18-39(30-44)25-22-36-12-4-1-5-13-36)42-33-43(50(57)54-45-21-11-19-40(31-45)26-23-37-14-6-2-7-15-37)35-46(34-42)55-51(58)47-29-28-41(32-48(47)52(55)59)27-24-38-16-8-3-9-17-38/h1-21,28-35H,(H,53,56)(H,54,57). The van der Waals surface area contributed by atoms with Crippen LogP contribution in [0.3, 0.4) is 0 Å². The first-order valence-corrected chi connectivity index (χ1v) is 18.6. The minimum absolute atomic E-state index is 0.0434. The first kappa shape index (κ1) is 37.2. The lowest BCUT2D eigenvalue weighted by Gasteiger charge is -2.17. The van der Waals surface area contributed by atoms with E-state index in [2.05, 4.69) is 46.2 Å². The molecule has 8 rings (SSSR count). The molecule has 0 radical (unpaired) electrons. The number of nitrogens with one attached hydrogen (secondary N) is 2. The fraction of sp³-hybridized carbons (Fsp3) is 0. The number of fused-ring (bicyclic) bond motifs is 1. The molecule has 1 aliphatic rings. The molecule has 278 valence electrons. The molecule has 7 aromatic carbocycles. The summed E-state index contributed by atoms with van der Waals surface area (Å²) in [6, 6.07) is 51.7. The van der Waals surface area contributed by atoms with Crippen LogP contribution in [0.4, 0.5) is 17.1 Å². The van der Waals surface area contributed by atoms with Gasteiger partial charge in [0.1, 0.15) is 0 Å². The Morgan fingerprint density at radius 3 is 1.22 bits per heavy atom. The lowest BCUT2D eigenvalue weighted by Crippen LogP contribution is -2.30. The molecule has 0 spiro atoms. The van der Waals surface area contributed by atoms with Crippen LogP contribution in [0.2, 0.25) is 0 Å². The van der Waals surface area contributed by atoms with Gasteiger partial charge in [-0.15, -0.1) is 0 Å². The minimum Gasteiger partial charge on any atom is -0.322 e. The van der Waals surface area contributed by atoms with E-state index in [1.807, 2.05) is 103 Å². The Hall–Kier alpha value is -8.70. The summed E-state index contributed by atoms with van der Waals surface area (Å²) in [5.41, 5.74) is 5.81. The second-order valence-electron chi connectivity index (χ2n) is 13.4. The maximum atomic E-state index is 14.0. The zero-order chi connectivity index (χ0) is 40.6. The van der Waals surface area contributed by atoms with Gasteiger partial charge in [0, 0.05) is 55.9 Å². The number of rotatable bonds is 5. The maximum absolute atomic E-state index is 14.0. The highest BCUT2D eigenvalue weighted by molar-refractivity contribution is 6.35. The SMILES string of the molecule is O=C(Nc1cccc(C#Cc2ccccc2)c1)c1cc(C(=O)Nc2cccc(C#Cc3ccccc3)c2)cc(N2C(=O)c3ccc(C#Cc4ccccc4)cc3C2=O)c1. The van der Waals surface area contributed by atoms with Gasteiger partial charge in [0.15, 0.2) is 0 Å². The maximum Gasteiger partial charge on any atom is 0.266 e. The van der Waals surface area contributed by atoms with Crippen LogP contribution in [0.1, 0.15) is 74.8 Å². The summed E-state index contributed by atoms with van der Waals surface area (Å²) in [5, 5.41) is 5.77. The fourth-order valence-corrected chi connectivity index (χ4v) is 6.31. The lowest BCUT2D eigenvalue weighted by molar-refractivity contribution is 0.0922. The minimum atomic E-state index is -0.605. The number of hydrogen-bond donors (Lipinski definition) is 2. The van der Waals surface area contributed by atoms with Crippen molar-refractivity contribution in [3.8, 4) is 35.5 Å². The van der Waals surface area contributed by atoms with Gasteiger partial charge in [-0.3, -0.25) is 19.2 Å². The first-order valence-electron chi connectivity index (χ1n) is 18.6. The van der Waals surface area contributed by atoms with Gasteiger partial charge in [-0.05, 0) is 109 Å². The Bertz CT molecular complexity index is 2850. The number of carbonyl (C=O) groups is 4. The molecule has 7 nitrogen and oxygen atoms in total. The van der Waals surface area contributed by atoms with Crippen molar-refractivity contribution in [1.82, 2.24) is 0 Å². The number of nitrogens with zero attached hydrogens (tertiary/aromatic N) is 1. The fourth-order valence-electron chi connectivity index (χ4n) is 6.31. The third-order valence-corrected chi connectivity index (χ3v) is 9.20. The van der Waals surface area contributed by atoms with Crippen LogP contribution in [0.25, 0.3) is 0 Å². The highest BCUT2D eigenvalue weighted by atomic mass is 16.2. The van der Waals surface area contributed by atoms with Gasteiger partial charge in [-0.1, -0.05) is 102 Å². The van der Waals surface area contributed by atoms with Gasteiger partial charge in [0.2, 0.25) is 0 Å². The van der Waals surface area contributed by atoms with E-state index in [-0.39, 0.29) is 27.9 Å². The van der Waals surface area contributed by atoms with Crippen LogP contribution < -0.4 is 15.5 Å². The average Bonchev–Trinajstić information content (AvgIpc) is 3.53. The van der Waals surface area contributed by atoms with E-state index in [0.717, 1.165) is 21.6 Å². The molecule has 0 bridgehead atoms. The predicted molar refractivity (Wildman–Crippen MR) is 230 cm³/mol. The van der Waals surface area contributed by atoms with Crippen molar-refractivity contribution in [2.24, 2.45) is 0 Å². The second kappa shape index (κ2) is 17.0. The van der Waals surface area contributed by atoms with Crippen molar-refractivity contribution in [3.05, 3.63) is 232 Å². The van der Waals surface area contributed by atoms with Crippen LogP contribution in [0, 0.1) is 35.5 Å². The summed E-state index contributed by atoms with van der Waals surface area (Å²) < 4.78 is 0. The Kier molecular flexibility index (Phi) is 10.7. The molecule has 4 amide bonds. The molecule has 7 heteroatoms. The molecule has 1 aliphatic heterocycles. The molecule has 0 atom stereocenters. The van der Waals surface area contributed by atoms with E-state index in [0.29, 0.717) is 28.1 Å². The number of hydrogen-bond acceptors (Lipinski definition) is 4. The molecule has 7 aromatic rings. The molecular weight excluding hydrogens is 731 g/mol. The van der Waals surface area contributed by atoms with Crippen LogP contribution in [0.5, 0.6) is 0 Å². The molecule has 2 N–H and O–H groups in total. The first-order chi connectivity index (χ1) is 28.9. The highest BCUT2D eigenvalue weighted by Gasteiger charge is 2.37. The third-order valence-electron chi connectivity index (χ3n) is 9.20. The van der Waals surface area contributed by atoms with E-state index >= 15 is 0 Å². The van der Waals surface area contributed by atoms with Crippen molar-refractivity contribution >= 4 is 40.7 Å². The van der Waals surface area contributed by atoms with Crippen molar-refractivity contribution in [3.63, 3.8) is 0 Å². The zero-order valence-electron chi connectivity index (χ0n) is 31.3. The average molecular weight is 762 g/mol. The quantitative estimate of drug-likeness (QED) is 0.135. The van der Waals surface area contributed by atoms with Crippen LogP contribution in [-0.2, 0) is 0 Å². The van der Waals surface area contributed by atoms with Gasteiger partial charge in [-0.25, -0.2) is 4.90 Å². The molecule has 0 unspecified atom stereocenters. The molecule has 0 saturated carbocycles. The van der Waals surface area contributed by atoms with Crippen LogP contribution in [-0.4, -0.2) is 23.6 Å². The van der Waals surface area contributed by atoms with Gasteiger partial charge in [-0.2, -0.15) is 0 Å². The van der Waals surface area contributed by atoms with E-state index in [9.17, 15) is 19.2 Å². The Morgan fingerprint density at radius 2 is 0.763 bits per heavy atom. The van der Waals surface area contributed by atoms with E-state index in [1.54, 1.807) is 54.6 Å². The summed E-state index contributed by atoms with van der Waals surface area (Å²) in [5.74, 6) is 16.3. The zero-order valence-corrected chi connectivity index (χ0v) is 31.3. The Morgan fingerprint density at radius 1 is 0.373 bits per heavy atom. The van der Waals surface area contributed by atoms with Crippen LogP contribution >= 0.6 is 0 Å². The molecule has 59 heavy (non-hydrogen) atoms. The van der Waals surface area contributed by atoms with E-state index in [4.69, 9.17) is 0 Å². The number of carbonyl (C=O) groups excluding carboxylic acids is 4. The lowest BCUT2D eigenvalue weighted by atomic mass is 10.1. The summed E-state index contributed by atoms with van der Waals surface area (Å²) in [6.45, 7) is 0. The topological polar surface area (TPSA) is 95.6 Å². The van der Waals surface area contributed by atoms with Crippen molar-refractivity contribution < 1.29 is 19.2 Å². The summed E-state index contributed by atoms with van der Waals surface area (Å²) >= 11 is 0. The van der Waals surface area contributed by atoms with E-state index < -0.39 is 23.6 Å². The molecule has 0 saturated heterocycles. The summed E-state index contributed by atoms with van der Waals surface area (Å²) in [4.78, 5) is 56.8. The summed E-state index contributed by atoms with van der Waals surface area (Å²) in [6.07, 6.45) is 0. The van der Waals surface area contributed by atoms with Crippen molar-refractivity contribution in [2.45, 2.75) is 0 Å². The Balaban J connectivity index is 1.11. The number of anilines is 3. The van der Waals surface area contributed by atoms with Crippen molar-refractivity contribution in [2.75, 3.05) is 15.5 Å². The van der Waals surface area contributed by atoms with Gasteiger partial charge < -0.3 is 10.6 Å².